The first kappa shape index (κ1) is 19.9. The third kappa shape index (κ3) is 5.12. The summed E-state index contributed by atoms with van der Waals surface area (Å²) >= 11 is 0. The lowest BCUT2D eigenvalue weighted by Crippen LogP contribution is -2.46. The van der Waals surface area contributed by atoms with Crippen LogP contribution in [0.25, 0.3) is 11.5 Å². The van der Waals surface area contributed by atoms with Crippen LogP contribution in [0.5, 0.6) is 0 Å². The molecule has 28 heavy (non-hydrogen) atoms. The monoisotopic (exact) mass is 385 g/mol. The van der Waals surface area contributed by atoms with Crippen LogP contribution < -0.4 is 5.32 Å². The van der Waals surface area contributed by atoms with Crippen molar-refractivity contribution in [3.8, 4) is 11.5 Å². The van der Waals surface area contributed by atoms with E-state index in [0.29, 0.717) is 38.4 Å². The van der Waals surface area contributed by atoms with Gasteiger partial charge in [0, 0.05) is 37.5 Å². The maximum absolute atomic E-state index is 12.3. The molecular formula is C21H27N3O4. The van der Waals surface area contributed by atoms with Gasteiger partial charge < -0.3 is 19.4 Å². The standard InChI is InChI=1S/C21H27N3O4/c1-3-27-21(26)24-13-11-17(12-14-24)22-19(25)10-9-18-15(2)28-20(23-18)16-7-5-4-6-8-16/h4-8,17H,3,9-14H2,1-2H3,(H,22,25). The Hall–Kier alpha value is -2.83. The number of aryl methyl sites for hydroxylation is 2. The van der Waals surface area contributed by atoms with Gasteiger partial charge in [-0.25, -0.2) is 9.78 Å². The van der Waals surface area contributed by atoms with E-state index in [1.54, 1.807) is 11.8 Å². The van der Waals surface area contributed by atoms with Gasteiger partial charge in [-0.15, -0.1) is 0 Å². The molecule has 7 heteroatoms. The molecule has 0 atom stereocenters. The number of nitrogens with one attached hydrogen (secondary N) is 1. The number of hydrogen-bond donors (Lipinski definition) is 1. The summed E-state index contributed by atoms with van der Waals surface area (Å²) < 4.78 is 10.8. The average Bonchev–Trinajstić information content (AvgIpc) is 3.08. The van der Waals surface area contributed by atoms with Gasteiger partial charge in [0.05, 0.1) is 12.3 Å². The number of hydrogen-bond acceptors (Lipinski definition) is 5. The Morgan fingerprint density at radius 3 is 2.64 bits per heavy atom. The summed E-state index contributed by atoms with van der Waals surface area (Å²) in [5.74, 6) is 1.33. The number of carbonyl (C=O) groups is 2. The van der Waals surface area contributed by atoms with Crippen LogP contribution in [0.15, 0.2) is 34.7 Å². The van der Waals surface area contributed by atoms with E-state index in [9.17, 15) is 9.59 Å². The fraction of sp³-hybridized carbons (Fsp3) is 0.476. The number of amides is 2. The Kier molecular flexibility index (Phi) is 6.68. The minimum absolute atomic E-state index is 0.00162. The summed E-state index contributed by atoms with van der Waals surface area (Å²) in [7, 11) is 0. The molecule has 0 bridgehead atoms. The molecule has 0 saturated carbocycles. The van der Waals surface area contributed by atoms with Crippen molar-refractivity contribution in [1.29, 1.82) is 0 Å². The third-order valence-corrected chi connectivity index (χ3v) is 4.89. The molecule has 7 nitrogen and oxygen atoms in total. The number of ether oxygens (including phenoxy) is 1. The molecule has 2 heterocycles. The van der Waals surface area contributed by atoms with Crippen LogP contribution in [-0.4, -0.2) is 47.6 Å². The second kappa shape index (κ2) is 9.39. The zero-order valence-corrected chi connectivity index (χ0v) is 16.4. The first-order valence-corrected chi connectivity index (χ1v) is 9.79. The van der Waals surface area contributed by atoms with Crippen molar-refractivity contribution in [2.24, 2.45) is 0 Å². The van der Waals surface area contributed by atoms with Crippen molar-refractivity contribution in [2.75, 3.05) is 19.7 Å². The van der Waals surface area contributed by atoms with Crippen molar-refractivity contribution < 1.29 is 18.7 Å². The molecule has 1 fully saturated rings. The van der Waals surface area contributed by atoms with Crippen LogP contribution in [0.4, 0.5) is 4.79 Å². The highest BCUT2D eigenvalue weighted by molar-refractivity contribution is 5.76. The van der Waals surface area contributed by atoms with Crippen LogP contribution in [-0.2, 0) is 16.0 Å². The van der Waals surface area contributed by atoms with Crippen molar-refractivity contribution in [1.82, 2.24) is 15.2 Å². The van der Waals surface area contributed by atoms with E-state index in [1.165, 1.54) is 0 Å². The number of nitrogens with zero attached hydrogens (tertiary/aromatic N) is 2. The van der Waals surface area contributed by atoms with Gasteiger partial charge in [0.15, 0.2) is 0 Å². The van der Waals surface area contributed by atoms with Gasteiger partial charge in [-0.1, -0.05) is 18.2 Å². The van der Waals surface area contributed by atoms with Crippen LogP contribution >= 0.6 is 0 Å². The lowest BCUT2D eigenvalue weighted by atomic mass is 10.0. The van der Waals surface area contributed by atoms with Crippen LogP contribution in [0.3, 0.4) is 0 Å². The van der Waals surface area contributed by atoms with Crippen LogP contribution in [0, 0.1) is 6.92 Å². The molecule has 1 aromatic carbocycles. The Morgan fingerprint density at radius 2 is 1.96 bits per heavy atom. The average molecular weight is 385 g/mol. The van der Waals surface area contributed by atoms with E-state index in [1.807, 2.05) is 37.3 Å². The van der Waals surface area contributed by atoms with Gasteiger partial charge in [0.2, 0.25) is 11.8 Å². The van der Waals surface area contributed by atoms with Gasteiger partial charge in [-0.05, 0) is 38.8 Å². The van der Waals surface area contributed by atoms with Gasteiger partial charge in [0.1, 0.15) is 5.76 Å². The molecule has 1 aliphatic rings. The highest BCUT2D eigenvalue weighted by Gasteiger charge is 2.24. The molecule has 150 valence electrons. The maximum atomic E-state index is 12.3. The number of rotatable bonds is 6. The number of oxazole rings is 1. The molecule has 2 aromatic rings. The van der Waals surface area contributed by atoms with Gasteiger partial charge in [-0.3, -0.25) is 4.79 Å². The predicted molar refractivity (Wildman–Crippen MR) is 105 cm³/mol. The Labute approximate surface area is 165 Å². The van der Waals surface area contributed by atoms with E-state index >= 15 is 0 Å². The molecule has 3 rings (SSSR count). The number of likely N-dealkylation sites (tertiary alicyclic amines) is 1. The van der Waals surface area contributed by atoms with Gasteiger partial charge in [0.25, 0.3) is 0 Å². The first-order valence-electron chi connectivity index (χ1n) is 9.79. The number of aromatic nitrogens is 1. The van der Waals surface area contributed by atoms with Crippen LogP contribution in [0.1, 0.15) is 37.6 Å². The molecule has 1 aliphatic heterocycles. The molecule has 1 N–H and O–H groups in total. The number of carbonyl (C=O) groups excluding carboxylic acids is 2. The predicted octanol–water partition coefficient (Wildman–Crippen LogP) is 3.32. The summed E-state index contributed by atoms with van der Waals surface area (Å²) in [5, 5.41) is 3.06. The second-order valence-electron chi connectivity index (χ2n) is 6.92. The number of benzene rings is 1. The largest absolute Gasteiger partial charge is 0.450 e. The van der Waals surface area contributed by atoms with Gasteiger partial charge in [-0.2, -0.15) is 0 Å². The minimum Gasteiger partial charge on any atom is -0.450 e. The fourth-order valence-electron chi connectivity index (χ4n) is 3.32. The minimum atomic E-state index is -0.275. The highest BCUT2D eigenvalue weighted by Crippen LogP contribution is 2.22. The normalized spacial score (nSPS) is 14.7. The zero-order chi connectivity index (χ0) is 19.9. The van der Waals surface area contributed by atoms with E-state index in [-0.39, 0.29) is 18.0 Å². The Bertz CT molecular complexity index is 795. The lowest BCUT2D eigenvalue weighted by molar-refractivity contribution is -0.122. The van der Waals surface area contributed by atoms with Crippen molar-refractivity contribution in [3.63, 3.8) is 0 Å². The van der Waals surface area contributed by atoms with Crippen molar-refractivity contribution in [2.45, 2.75) is 45.6 Å². The van der Waals surface area contributed by atoms with E-state index in [4.69, 9.17) is 9.15 Å². The molecule has 0 unspecified atom stereocenters. The molecular weight excluding hydrogens is 358 g/mol. The molecule has 0 spiro atoms. The maximum Gasteiger partial charge on any atom is 0.409 e. The second-order valence-corrected chi connectivity index (χ2v) is 6.92. The Balaban J connectivity index is 1.45. The summed E-state index contributed by atoms with van der Waals surface area (Å²) in [6.45, 7) is 5.25. The summed E-state index contributed by atoms with van der Waals surface area (Å²) in [4.78, 5) is 30.3. The van der Waals surface area contributed by atoms with Crippen molar-refractivity contribution in [3.05, 3.63) is 41.8 Å². The van der Waals surface area contributed by atoms with E-state index in [0.717, 1.165) is 29.9 Å². The van der Waals surface area contributed by atoms with E-state index in [2.05, 4.69) is 10.3 Å². The summed E-state index contributed by atoms with van der Waals surface area (Å²) in [6.07, 6.45) is 2.11. The summed E-state index contributed by atoms with van der Waals surface area (Å²) in [6, 6.07) is 9.82. The summed E-state index contributed by atoms with van der Waals surface area (Å²) in [5.41, 5.74) is 1.74. The fourth-order valence-corrected chi connectivity index (χ4v) is 3.32. The SMILES string of the molecule is CCOC(=O)N1CCC(NC(=O)CCc2nc(-c3ccccc3)oc2C)CC1. The molecule has 1 aromatic heterocycles. The quantitative estimate of drug-likeness (QED) is 0.825. The third-order valence-electron chi connectivity index (χ3n) is 4.89. The molecule has 2 amide bonds. The molecule has 1 saturated heterocycles. The van der Waals surface area contributed by atoms with E-state index < -0.39 is 0 Å². The zero-order valence-electron chi connectivity index (χ0n) is 16.4. The molecule has 0 radical (unpaired) electrons. The first-order chi connectivity index (χ1) is 13.6. The van der Waals surface area contributed by atoms with Gasteiger partial charge >= 0.3 is 6.09 Å². The topological polar surface area (TPSA) is 84.7 Å². The van der Waals surface area contributed by atoms with Crippen LogP contribution in [0.2, 0.25) is 0 Å². The smallest absolute Gasteiger partial charge is 0.409 e. The number of piperidine rings is 1. The molecule has 0 aliphatic carbocycles. The highest BCUT2D eigenvalue weighted by atomic mass is 16.6. The van der Waals surface area contributed by atoms with Crippen molar-refractivity contribution >= 4 is 12.0 Å². The Morgan fingerprint density at radius 1 is 1.25 bits per heavy atom. The lowest BCUT2D eigenvalue weighted by Gasteiger charge is -2.31.